The lowest BCUT2D eigenvalue weighted by Gasteiger charge is -2.36. The molecule has 1 aliphatic carbocycles. The van der Waals surface area contributed by atoms with Gasteiger partial charge >= 0.3 is 6.09 Å². The molecule has 6 nitrogen and oxygen atoms in total. The lowest BCUT2D eigenvalue weighted by Crippen LogP contribution is -2.50. The molecule has 1 saturated heterocycles. The van der Waals surface area contributed by atoms with Crippen LogP contribution in [0.4, 0.5) is 4.79 Å². The average Bonchev–Trinajstić information content (AvgIpc) is 2.44. The Balaban J connectivity index is 1.52. The number of carbonyl (C=O) groups is 1. The molecule has 1 aliphatic heterocycles. The Morgan fingerprint density at radius 2 is 1.83 bits per heavy atom. The van der Waals surface area contributed by atoms with Crippen LogP contribution in [0.1, 0.15) is 40.0 Å². The molecule has 0 aromatic rings. The van der Waals surface area contributed by atoms with Crippen LogP contribution in [0.5, 0.6) is 0 Å². The number of amides is 1. The van der Waals surface area contributed by atoms with Crippen LogP contribution in [0.15, 0.2) is 0 Å². The summed E-state index contributed by atoms with van der Waals surface area (Å²) in [7, 11) is 1.79. The summed E-state index contributed by atoms with van der Waals surface area (Å²) in [5, 5.41) is 3.58. The third kappa shape index (κ3) is 6.28. The van der Waals surface area contributed by atoms with Gasteiger partial charge in [-0.1, -0.05) is 0 Å². The molecule has 1 amide bonds. The Labute approximate surface area is 140 Å². The summed E-state index contributed by atoms with van der Waals surface area (Å²) in [5.74, 6) is 0. The lowest BCUT2D eigenvalue weighted by molar-refractivity contribution is 0.0131. The summed E-state index contributed by atoms with van der Waals surface area (Å²) < 4.78 is 10.7. The van der Waals surface area contributed by atoms with Crippen LogP contribution in [0, 0.1) is 0 Å². The highest BCUT2D eigenvalue weighted by Crippen LogP contribution is 2.22. The smallest absolute Gasteiger partial charge is 0.410 e. The minimum Gasteiger partial charge on any atom is -0.444 e. The van der Waals surface area contributed by atoms with Crippen molar-refractivity contribution < 1.29 is 14.3 Å². The van der Waals surface area contributed by atoms with E-state index in [2.05, 4.69) is 10.2 Å². The molecule has 2 aliphatic rings. The molecule has 6 heteroatoms. The number of nitrogens with one attached hydrogen (secondary N) is 1. The van der Waals surface area contributed by atoms with E-state index in [4.69, 9.17) is 9.47 Å². The van der Waals surface area contributed by atoms with Crippen molar-refractivity contribution in [1.29, 1.82) is 0 Å². The molecule has 0 bridgehead atoms. The number of nitrogens with zero attached hydrogens (tertiary/aromatic N) is 2. The van der Waals surface area contributed by atoms with Crippen LogP contribution < -0.4 is 5.32 Å². The number of hydrogen-bond donors (Lipinski definition) is 1. The first kappa shape index (κ1) is 18.5. The van der Waals surface area contributed by atoms with Crippen molar-refractivity contribution in [2.45, 2.75) is 57.8 Å². The van der Waals surface area contributed by atoms with E-state index in [9.17, 15) is 4.79 Å². The molecule has 0 spiro atoms. The Morgan fingerprint density at radius 3 is 2.39 bits per heavy atom. The van der Waals surface area contributed by atoms with Gasteiger partial charge in [-0.15, -0.1) is 0 Å². The van der Waals surface area contributed by atoms with Gasteiger partial charge in [0, 0.05) is 39.3 Å². The third-order valence-corrected chi connectivity index (χ3v) is 4.54. The maximum Gasteiger partial charge on any atom is 0.410 e. The molecule has 0 unspecified atom stereocenters. The Kier molecular flexibility index (Phi) is 6.68. The topological polar surface area (TPSA) is 54.0 Å². The maximum atomic E-state index is 12.0. The van der Waals surface area contributed by atoms with Gasteiger partial charge in [-0.05, 0) is 53.1 Å². The van der Waals surface area contributed by atoms with Crippen molar-refractivity contribution >= 4 is 6.09 Å². The number of rotatable bonds is 6. The van der Waals surface area contributed by atoms with E-state index in [0.29, 0.717) is 12.1 Å². The molecule has 2 fully saturated rings. The number of hydrogen-bond acceptors (Lipinski definition) is 5. The van der Waals surface area contributed by atoms with Crippen molar-refractivity contribution in [3.63, 3.8) is 0 Å². The molecular weight excluding hydrogens is 294 g/mol. The summed E-state index contributed by atoms with van der Waals surface area (Å²) >= 11 is 0. The highest BCUT2D eigenvalue weighted by molar-refractivity contribution is 5.68. The van der Waals surface area contributed by atoms with E-state index in [-0.39, 0.29) is 6.09 Å². The second-order valence-electron chi connectivity index (χ2n) is 7.64. The van der Waals surface area contributed by atoms with E-state index in [1.54, 1.807) is 7.11 Å². The van der Waals surface area contributed by atoms with E-state index in [1.165, 1.54) is 0 Å². The molecule has 1 N–H and O–H groups in total. The predicted molar refractivity (Wildman–Crippen MR) is 90.7 cm³/mol. The first-order valence-corrected chi connectivity index (χ1v) is 8.84. The number of carbonyl (C=O) groups excluding carboxylic acids is 1. The van der Waals surface area contributed by atoms with Crippen LogP contribution in [0.2, 0.25) is 0 Å². The zero-order valence-corrected chi connectivity index (χ0v) is 15.1. The van der Waals surface area contributed by atoms with Crippen molar-refractivity contribution in [2.24, 2.45) is 0 Å². The van der Waals surface area contributed by atoms with Crippen LogP contribution in [-0.4, -0.2) is 80.0 Å². The standard InChI is InChI=1S/C17H33N3O3/c1-17(2,3)23-16(21)20-10-8-19(9-11-20)7-5-6-18-14-12-15(13-14)22-4/h14-15,18H,5-13H2,1-4H3. The van der Waals surface area contributed by atoms with Crippen LogP contribution in [-0.2, 0) is 9.47 Å². The van der Waals surface area contributed by atoms with Crippen molar-refractivity contribution in [3.8, 4) is 0 Å². The molecule has 2 rings (SSSR count). The summed E-state index contributed by atoms with van der Waals surface area (Å²) in [6.45, 7) is 11.3. The predicted octanol–water partition coefficient (Wildman–Crippen LogP) is 1.70. The number of methoxy groups -OCH3 is 1. The number of piperazine rings is 1. The molecule has 1 heterocycles. The Hall–Kier alpha value is -0.850. The molecule has 1 saturated carbocycles. The van der Waals surface area contributed by atoms with E-state index in [0.717, 1.165) is 58.5 Å². The van der Waals surface area contributed by atoms with Gasteiger partial charge in [0.05, 0.1) is 6.10 Å². The quantitative estimate of drug-likeness (QED) is 0.753. The fourth-order valence-corrected chi connectivity index (χ4v) is 3.01. The van der Waals surface area contributed by atoms with E-state index in [1.807, 2.05) is 25.7 Å². The Bertz CT molecular complexity index is 370. The van der Waals surface area contributed by atoms with Crippen LogP contribution in [0.3, 0.4) is 0 Å². The van der Waals surface area contributed by atoms with E-state index < -0.39 is 5.60 Å². The zero-order valence-electron chi connectivity index (χ0n) is 15.1. The monoisotopic (exact) mass is 327 g/mol. The summed E-state index contributed by atoms with van der Waals surface area (Å²) in [4.78, 5) is 16.3. The summed E-state index contributed by atoms with van der Waals surface area (Å²) in [6.07, 6.45) is 3.72. The summed E-state index contributed by atoms with van der Waals surface area (Å²) in [6, 6.07) is 0.643. The molecule has 0 aromatic heterocycles. The van der Waals surface area contributed by atoms with E-state index >= 15 is 0 Å². The first-order valence-electron chi connectivity index (χ1n) is 8.84. The van der Waals surface area contributed by atoms with Crippen molar-refractivity contribution in [1.82, 2.24) is 15.1 Å². The number of ether oxygens (including phenoxy) is 2. The van der Waals surface area contributed by atoms with Crippen molar-refractivity contribution in [3.05, 3.63) is 0 Å². The lowest BCUT2D eigenvalue weighted by atomic mass is 9.89. The minimum atomic E-state index is -0.413. The van der Waals surface area contributed by atoms with Crippen LogP contribution >= 0.6 is 0 Å². The average molecular weight is 327 g/mol. The van der Waals surface area contributed by atoms with Gasteiger partial charge in [0.2, 0.25) is 0 Å². The van der Waals surface area contributed by atoms with Crippen LogP contribution in [0.25, 0.3) is 0 Å². The molecule has 0 atom stereocenters. The fourth-order valence-electron chi connectivity index (χ4n) is 3.01. The first-order chi connectivity index (χ1) is 10.9. The molecule has 0 aromatic carbocycles. The van der Waals surface area contributed by atoms with Crippen molar-refractivity contribution in [2.75, 3.05) is 46.4 Å². The highest BCUT2D eigenvalue weighted by atomic mass is 16.6. The second-order valence-corrected chi connectivity index (χ2v) is 7.64. The zero-order chi connectivity index (χ0) is 16.9. The Morgan fingerprint density at radius 1 is 1.17 bits per heavy atom. The van der Waals surface area contributed by atoms with Gasteiger partial charge in [0.25, 0.3) is 0 Å². The van der Waals surface area contributed by atoms with Gasteiger partial charge < -0.3 is 19.7 Å². The largest absolute Gasteiger partial charge is 0.444 e. The normalized spacial score (nSPS) is 26.0. The molecule has 134 valence electrons. The van der Waals surface area contributed by atoms with Gasteiger partial charge in [0.15, 0.2) is 0 Å². The highest BCUT2D eigenvalue weighted by Gasteiger charge is 2.28. The molecular formula is C17H33N3O3. The van der Waals surface area contributed by atoms with Gasteiger partial charge in [-0.25, -0.2) is 4.79 Å². The van der Waals surface area contributed by atoms with Gasteiger partial charge in [0.1, 0.15) is 5.60 Å². The molecule has 23 heavy (non-hydrogen) atoms. The second kappa shape index (κ2) is 8.31. The maximum absolute atomic E-state index is 12.0. The van der Waals surface area contributed by atoms with Gasteiger partial charge in [-0.2, -0.15) is 0 Å². The SMILES string of the molecule is COC1CC(NCCCN2CCN(C(=O)OC(C)(C)C)CC2)C1. The minimum absolute atomic E-state index is 0.184. The third-order valence-electron chi connectivity index (χ3n) is 4.54. The summed E-state index contributed by atoms with van der Waals surface area (Å²) in [5.41, 5.74) is -0.413. The fraction of sp³-hybridized carbons (Fsp3) is 0.941. The van der Waals surface area contributed by atoms with Gasteiger partial charge in [-0.3, -0.25) is 4.90 Å². The molecule has 0 radical (unpaired) electrons.